The molecule has 2 aromatic carbocycles. The molecular weight excluding hydrogens is 398 g/mol. The Hall–Kier alpha value is -3.79. The number of nitrogens with one attached hydrogen (secondary N) is 2. The van der Waals surface area contributed by atoms with Crippen molar-refractivity contribution in [2.75, 3.05) is 10.0 Å². The number of aromatic hydroxyl groups is 3. The van der Waals surface area contributed by atoms with E-state index in [2.05, 4.69) is 15.0 Å². The molecule has 0 saturated carbocycles. The number of hydrogen-bond donors (Lipinski definition) is 5. The lowest BCUT2D eigenvalue weighted by Gasteiger charge is -2.10. The monoisotopic (exact) mass is 415 g/mol. The Balaban J connectivity index is 1.71. The van der Waals surface area contributed by atoms with E-state index in [0.717, 1.165) is 0 Å². The van der Waals surface area contributed by atoms with Crippen LogP contribution in [0.2, 0.25) is 0 Å². The van der Waals surface area contributed by atoms with Gasteiger partial charge in [-0.1, -0.05) is 12.1 Å². The van der Waals surface area contributed by atoms with Gasteiger partial charge in [0.2, 0.25) is 10.0 Å². The van der Waals surface area contributed by atoms with Gasteiger partial charge < -0.3 is 20.6 Å². The van der Waals surface area contributed by atoms with E-state index in [1.165, 1.54) is 60.8 Å². The SMILES string of the molecule is O=C(Nc1ccc(O)c(O)c1)c1ccnc(NS(=O)(=O)Cc2ccc(O)cc2)c1. The number of anilines is 2. The van der Waals surface area contributed by atoms with Gasteiger partial charge in [-0.2, -0.15) is 0 Å². The number of benzene rings is 2. The van der Waals surface area contributed by atoms with Crippen LogP contribution in [0.5, 0.6) is 17.2 Å². The zero-order chi connectivity index (χ0) is 21.0. The Morgan fingerprint density at radius 3 is 2.34 bits per heavy atom. The van der Waals surface area contributed by atoms with Crippen molar-refractivity contribution in [1.82, 2.24) is 4.98 Å². The minimum atomic E-state index is -3.80. The third-order valence-electron chi connectivity index (χ3n) is 3.81. The molecule has 0 saturated heterocycles. The summed E-state index contributed by atoms with van der Waals surface area (Å²) in [5, 5.41) is 30.6. The fraction of sp³-hybridized carbons (Fsp3) is 0.0526. The molecule has 1 aromatic heterocycles. The summed E-state index contributed by atoms with van der Waals surface area (Å²) < 4.78 is 27.0. The predicted octanol–water partition coefficient (Wildman–Crippen LogP) is 2.39. The lowest BCUT2D eigenvalue weighted by Crippen LogP contribution is -2.17. The van der Waals surface area contributed by atoms with Gasteiger partial charge >= 0.3 is 0 Å². The number of carbonyl (C=O) groups excluding carboxylic acids is 1. The number of amides is 1. The predicted molar refractivity (Wildman–Crippen MR) is 106 cm³/mol. The maximum Gasteiger partial charge on any atom is 0.255 e. The molecule has 0 aliphatic heterocycles. The van der Waals surface area contributed by atoms with Crippen molar-refractivity contribution >= 4 is 27.4 Å². The van der Waals surface area contributed by atoms with Crippen LogP contribution < -0.4 is 10.0 Å². The molecule has 3 rings (SSSR count). The largest absolute Gasteiger partial charge is 0.508 e. The van der Waals surface area contributed by atoms with Crippen LogP contribution >= 0.6 is 0 Å². The Kier molecular flexibility index (Phi) is 5.55. The van der Waals surface area contributed by atoms with Gasteiger partial charge in [0.1, 0.15) is 11.6 Å². The van der Waals surface area contributed by atoms with Crippen molar-refractivity contribution in [3.05, 3.63) is 71.9 Å². The van der Waals surface area contributed by atoms with Crippen LogP contribution in [0.4, 0.5) is 11.5 Å². The summed E-state index contributed by atoms with van der Waals surface area (Å²) in [6.07, 6.45) is 1.28. The van der Waals surface area contributed by atoms with Crippen LogP contribution in [0.25, 0.3) is 0 Å². The second kappa shape index (κ2) is 8.07. The van der Waals surface area contributed by atoms with Gasteiger partial charge in [-0.25, -0.2) is 13.4 Å². The highest BCUT2D eigenvalue weighted by Gasteiger charge is 2.15. The van der Waals surface area contributed by atoms with E-state index in [4.69, 9.17) is 0 Å². The molecule has 150 valence electrons. The van der Waals surface area contributed by atoms with E-state index in [1.54, 1.807) is 0 Å². The fourth-order valence-corrected chi connectivity index (χ4v) is 3.57. The van der Waals surface area contributed by atoms with E-state index in [-0.39, 0.29) is 40.1 Å². The molecule has 29 heavy (non-hydrogen) atoms. The number of nitrogens with zero attached hydrogens (tertiary/aromatic N) is 1. The summed E-state index contributed by atoms with van der Waals surface area (Å²) in [5.74, 6) is -1.61. The summed E-state index contributed by atoms with van der Waals surface area (Å²) >= 11 is 0. The lowest BCUT2D eigenvalue weighted by atomic mass is 10.2. The topological polar surface area (TPSA) is 149 Å². The minimum absolute atomic E-state index is 0.0291. The quantitative estimate of drug-likeness (QED) is 0.306. The van der Waals surface area contributed by atoms with Gasteiger partial charge in [-0.15, -0.1) is 0 Å². The summed E-state index contributed by atoms with van der Waals surface area (Å²) in [6.45, 7) is 0. The fourth-order valence-electron chi connectivity index (χ4n) is 2.44. The minimum Gasteiger partial charge on any atom is -0.508 e. The van der Waals surface area contributed by atoms with Crippen LogP contribution in [0.1, 0.15) is 15.9 Å². The average molecular weight is 415 g/mol. The van der Waals surface area contributed by atoms with Crippen LogP contribution in [-0.2, 0) is 15.8 Å². The maximum atomic E-state index is 12.4. The van der Waals surface area contributed by atoms with Crippen LogP contribution in [-0.4, -0.2) is 34.6 Å². The van der Waals surface area contributed by atoms with E-state index >= 15 is 0 Å². The summed E-state index contributed by atoms with van der Waals surface area (Å²) in [4.78, 5) is 16.3. The molecule has 0 aliphatic carbocycles. The molecule has 0 radical (unpaired) electrons. The molecule has 0 fully saturated rings. The average Bonchev–Trinajstić information content (AvgIpc) is 2.66. The van der Waals surface area contributed by atoms with Gasteiger partial charge in [-0.3, -0.25) is 9.52 Å². The Morgan fingerprint density at radius 2 is 1.66 bits per heavy atom. The van der Waals surface area contributed by atoms with E-state index in [9.17, 15) is 28.5 Å². The zero-order valence-electron chi connectivity index (χ0n) is 14.9. The number of rotatable bonds is 6. The van der Waals surface area contributed by atoms with Crippen molar-refractivity contribution in [2.24, 2.45) is 0 Å². The van der Waals surface area contributed by atoms with Crippen LogP contribution in [0.15, 0.2) is 60.8 Å². The third kappa shape index (κ3) is 5.36. The molecule has 0 aliphatic rings. The second-order valence-electron chi connectivity index (χ2n) is 6.11. The van der Waals surface area contributed by atoms with Gasteiger partial charge in [0, 0.05) is 23.5 Å². The Morgan fingerprint density at radius 1 is 0.931 bits per heavy atom. The number of aromatic nitrogens is 1. The van der Waals surface area contributed by atoms with Gasteiger partial charge in [0.05, 0.1) is 5.75 Å². The summed E-state index contributed by atoms with van der Waals surface area (Å²) in [7, 11) is -3.80. The van der Waals surface area contributed by atoms with Gasteiger partial charge in [0.15, 0.2) is 11.5 Å². The van der Waals surface area contributed by atoms with E-state index in [0.29, 0.717) is 5.56 Å². The van der Waals surface area contributed by atoms with Crippen LogP contribution in [0.3, 0.4) is 0 Å². The van der Waals surface area contributed by atoms with Crippen LogP contribution in [0, 0.1) is 0 Å². The molecule has 0 unspecified atom stereocenters. The molecule has 0 atom stereocenters. The molecule has 0 spiro atoms. The van der Waals surface area contributed by atoms with Crippen molar-refractivity contribution in [1.29, 1.82) is 0 Å². The molecule has 10 heteroatoms. The first-order valence-electron chi connectivity index (χ1n) is 8.30. The molecule has 0 bridgehead atoms. The second-order valence-corrected chi connectivity index (χ2v) is 7.84. The number of phenols is 3. The molecule has 1 heterocycles. The summed E-state index contributed by atoms with van der Waals surface area (Å²) in [5.41, 5.74) is 0.850. The first-order chi connectivity index (χ1) is 13.7. The van der Waals surface area contributed by atoms with Crippen molar-refractivity contribution in [3.8, 4) is 17.2 Å². The zero-order valence-corrected chi connectivity index (χ0v) is 15.7. The van der Waals surface area contributed by atoms with E-state index in [1.807, 2.05) is 0 Å². The van der Waals surface area contributed by atoms with Crippen molar-refractivity contribution < 1.29 is 28.5 Å². The maximum absolute atomic E-state index is 12.4. The lowest BCUT2D eigenvalue weighted by molar-refractivity contribution is 0.102. The number of phenolic OH excluding ortho intramolecular Hbond substituents is 3. The molecular formula is C19H17N3O6S. The number of carbonyl (C=O) groups is 1. The highest BCUT2D eigenvalue weighted by atomic mass is 32.2. The number of hydrogen-bond acceptors (Lipinski definition) is 7. The van der Waals surface area contributed by atoms with Gasteiger partial charge in [0.25, 0.3) is 5.91 Å². The normalized spacial score (nSPS) is 11.0. The number of pyridine rings is 1. The molecule has 1 amide bonds. The first-order valence-corrected chi connectivity index (χ1v) is 9.95. The molecule has 5 N–H and O–H groups in total. The molecule has 3 aromatic rings. The first kappa shape index (κ1) is 20.0. The standard InChI is InChI=1S/C19H17N3O6S/c23-15-4-1-12(2-5-15)11-29(27,28)22-18-9-13(7-8-20-18)19(26)21-14-3-6-16(24)17(25)10-14/h1-10,23-25H,11H2,(H,20,22)(H,21,26). The Labute approximate surface area is 166 Å². The summed E-state index contributed by atoms with van der Waals surface area (Å²) in [6, 6.07) is 12.2. The third-order valence-corrected chi connectivity index (χ3v) is 5.04. The Bertz CT molecular complexity index is 1150. The highest BCUT2D eigenvalue weighted by Crippen LogP contribution is 2.27. The molecule has 9 nitrogen and oxygen atoms in total. The van der Waals surface area contributed by atoms with Crippen molar-refractivity contribution in [3.63, 3.8) is 0 Å². The number of sulfonamides is 1. The van der Waals surface area contributed by atoms with Gasteiger partial charge in [-0.05, 0) is 42.0 Å². The van der Waals surface area contributed by atoms with Crippen molar-refractivity contribution in [2.45, 2.75) is 5.75 Å². The smallest absolute Gasteiger partial charge is 0.255 e. The van der Waals surface area contributed by atoms with E-state index < -0.39 is 15.9 Å². The highest BCUT2D eigenvalue weighted by molar-refractivity contribution is 7.91.